The summed E-state index contributed by atoms with van der Waals surface area (Å²) in [5.41, 5.74) is 4.36. The predicted octanol–water partition coefficient (Wildman–Crippen LogP) is 2.09. The molecule has 5 atom stereocenters. The summed E-state index contributed by atoms with van der Waals surface area (Å²) in [7, 11) is 1.39. The molecular weight excluding hydrogens is 425 g/mol. The third kappa shape index (κ3) is 3.56. The van der Waals surface area contributed by atoms with Crippen LogP contribution in [0.2, 0.25) is 0 Å². The van der Waals surface area contributed by atoms with E-state index in [0.29, 0.717) is 5.56 Å². The number of hydrogen-bond donors (Lipinski definition) is 3. The highest BCUT2D eigenvalue weighted by molar-refractivity contribution is 5.77. The Morgan fingerprint density at radius 2 is 2.09 bits per heavy atom. The number of alkyl halides is 1. The molecule has 0 amide bonds. The molecule has 3 aromatic rings. The highest BCUT2D eigenvalue weighted by Crippen LogP contribution is 2.52. The highest BCUT2D eigenvalue weighted by Gasteiger charge is 2.59. The van der Waals surface area contributed by atoms with Crippen molar-refractivity contribution in [2.75, 3.05) is 19.5 Å². The van der Waals surface area contributed by atoms with Crippen molar-refractivity contribution in [3.8, 4) is 5.88 Å². The molecule has 0 aliphatic carbocycles. The van der Waals surface area contributed by atoms with Crippen molar-refractivity contribution in [3.63, 3.8) is 0 Å². The summed E-state index contributed by atoms with van der Waals surface area (Å²) in [6.45, 7) is 0.687. The first-order valence-electron chi connectivity index (χ1n) is 9.71. The summed E-state index contributed by atoms with van der Waals surface area (Å²) >= 11 is 0. The van der Waals surface area contributed by atoms with E-state index >= 15 is 4.39 Å². The van der Waals surface area contributed by atoms with Crippen LogP contribution in [0, 0.1) is 5.92 Å². The van der Waals surface area contributed by atoms with Crippen LogP contribution in [-0.4, -0.2) is 61.4 Å². The van der Waals surface area contributed by atoms with Crippen molar-refractivity contribution in [1.82, 2.24) is 19.5 Å². The Balaban J connectivity index is 1.81. The van der Waals surface area contributed by atoms with Crippen LogP contribution in [0.25, 0.3) is 11.2 Å². The van der Waals surface area contributed by atoms with E-state index < -0.39 is 42.8 Å². The first-order valence-corrected chi connectivity index (χ1v) is 9.71. The van der Waals surface area contributed by atoms with E-state index in [2.05, 4.69) is 15.0 Å². The molecular formula is C20H22FN5O6. The fourth-order valence-electron chi connectivity index (χ4n) is 4.22. The molecule has 0 bridgehead atoms. The van der Waals surface area contributed by atoms with Gasteiger partial charge >= 0.3 is 6.16 Å². The monoisotopic (exact) mass is 447 g/mol. The molecule has 1 saturated heterocycles. The second-order valence-corrected chi connectivity index (χ2v) is 7.52. The van der Waals surface area contributed by atoms with Gasteiger partial charge in [-0.3, -0.25) is 4.57 Å². The first kappa shape index (κ1) is 21.7. The van der Waals surface area contributed by atoms with Gasteiger partial charge in [-0.15, -0.1) is 0 Å². The molecule has 1 aromatic carbocycles. The zero-order chi connectivity index (χ0) is 23.0. The smallest absolute Gasteiger partial charge is 0.479 e. The number of carboxylic acid groups (broad SMARTS) is 1. The first-order chi connectivity index (χ1) is 15.3. The number of aliphatic hydroxyl groups excluding tert-OH is 1. The Kier molecular flexibility index (Phi) is 5.57. The van der Waals surface area contributed by atoms with Crippen molar-refractivity contribution in [3.05, 3.63) is 42.2 Å². The standard InChI is InChI=1S/C20H22FN5O6/c1-20(21)12(14(32-19(28)29)10-6-4-3-5-7-10)11(8-27)31-17(20)26-9-23-13-15(26)24-18(22)25-16(13)30-2/h3-7,9,11-12,14,17,27H,8H2,1-2H3,(H,28,29)(H2,22,24,25)/t11-,12-,14?,17+,20+/m0/s1. The summed E-state index contributed by atoms with van der Waals surface area (Å²) in [4.78, 5) is 23.7. The zero-order valence-electron chi connectivity index (χ0n) is 17.3. The van der Waals surface area contributed by atoms with Gasteiger partial charge in [0.1, 0.15) is 6.10 Å². The van der Waals surface area contributed by atoms with Crippen molar-refractivity contribution < 1.29 is 33.6 Å². The van der Waals surface area contributed by atoms with Crippen molar-refractivity contribution in [1.29, 1.82) is 0 Å². The van der Waals surface area contributed by atoms with Gasteiger partial charge in [0.15, 0.2) is 23.1 Å². The molecule has 1 unspecified atom stereocenters. The Bertz CT molecular complexity index is 1120. The lowest BCUT2D eigenvalue weighted by Gasteiger charge is -2.33. The van der Waals surface area contributed by atoms with Gasteiger partial charge in [-0.1, -0.05) is 30.3 Å². The van der Waals surface area contributed by atoms with Gasteiger partial charge in [-0.25, -0.2) is 14.2 Å². The summed E-state index contributed by atoms with van der Waals surface area (Å²) < 4.78 is 33.9. The van der Waals surface area contributed by atoms with Crippen LogP contribution in [-0.2, 0) is 9.47 Å². The Hall–Kier alpha value is -3.51. The number of anilines is 1. The average Bonchev–Trinajstić information content (AvgIpc) is 3.29. The van der Waals surface area contributed by atoms with E-state index in [4.69, 9.17) is 19.9 Å². The average molecular weight is 447 g/mol. The third-order valence-corrected chi connectivity index (χ3v) is 5.55. The van der Waals surface area contributed by atoms with Gasteiger partial charge in [-0.05, 0) is 12.5 Å². The number of aromatic nitrogens is 4. The van der Waals surface area contributed by atoms with Gasteiger partial charge in [-0.2, -0.15) is 9.97 Å². The summed E-state index contributed by atoms with van der Waals surface area (Å²) in [5, 5.41) is 19.3. The molecule has 32 heavy (non-hydrogen) atoms. The molecule has 12 heteroatoms. The minimum atomic E-state index is -2.22. The van der Waals surface area contributed by atoms with Gasteiger partial charge in [0.2, 0.25) is 11.8 Å². The predicted molar refractivity (Wildman–Crippen MR) is 109 cm³/mol. The molecule has 1 aliphatic heterocycles. The largest absolute Gasteiger partial charge is 0.506 e. The van der Waals surface area contributed by atoms with Crippen LogP contribution in [0.15, 0.2) is 36.7 Å². The zero-order valence-corrected chi connectivity index (χ0v) is 17.3. The van der Waals surface area contributed by atoms with Crippen molar-refractivity contribution in [2.45, 2.75) is 31.0 Å². The van der Waals surface area contributed by atoms with E-state index in [1.54, 1.807) is 30.3 Å². The van der Waals surface area contributed by atoms with E-state index in [9.17, 15) is 15.0 Å². The van der Waals surface area contributed by atoms with E-state index in [1.165, 1.54) is 24.9 Å². The Labute approximate surface area is 181 Å². The molecule has 3 heterocycles. The number of halogens is 1. The molecule has 0 spiro atoms. The minimum absolute atomic E-state index is 0.108. The second kappa shape index (κ2) is 8.20. The van der Waals surface area contributed by atoms with Crippen LogP contribution < -0.4 is 10.5 Å². The highest BCUT2D eigenvalue weighted by atomic mass is 19.1. The van der Waals surface area contributed by atoms with E-state index in [1.807, 2.05) is 0 Å². The molecule has 0 radical (unpaired) electrons. The fourth-order valence-corrected chi connectivity index (χ4v) is 4.22. The van der Waals surface area contributed by atoms with Crippen molar-refractivity contribution >= 4 is 23.3 Å². The molecule has 11 nitrogen and oxygen atoms in total. The number of imidazole rings is 1. The molecule has 1 fully saturated rings. The minimum Gasteiger partial charge on any atom is -0.479 e. The quantitative estimate of drug-likeness (QED) is 0.478. The lowest BCUT2D eigenvalue weighted by Crippen LogP contribution is -2.41. The van der Waals surface area contributed by atoms with Crippen LogP contribution in [0.4, 0.5) is 15.1 Å². The fraction of sp³-hybridized carbons (Fsp3) is 0.400. The maximum atomic E-state index is 16.5. The lowest BCUT2D eigenvalue weighted by atomic mass is 9.80. The van der Waals surface area contributed by atoms with Crippen LogP contribution in [0.1, 0.15) is 24.8 Å². The number of nitrogens with zero attached hydrogens (tertiary/aromatic N) is 4. The number of carbonyl (C=O) groups is 1. The lowest BCUT2D eigenvalue weighted by molar-refractivity contribution is -0.0568. The molecule has 0 saturated carbocycles. The summed E-state index contributed by atoms with van der Waals surface area (Å²) in [6.07, 6.45) is -3.92. The number of fused-ring (bicyclic) bond motifs is 1. The van der Waals surface area contributed by atoms with Gasteiger partial charge in [0.25, 0.3) is 0 Å². The second-order valence-electron chi connectivity index (χ2n) is 7.52. The Morgan fingerprint density at radius 3 is 2.72 bits per heavy atom. The number of ether oxygens (including phenoxy) is 3. The van der Waals surface area contributed by atoms with Gasteiger partial charge < -0.3 is 30.2 Å². The number of hydrogen-bond acceptors (Lipinski definition) is 9. The maximum absolute atomic E-state index is 16.5. The summed E-state index contributed by atoms with van der Waals surface area (Å²) in [6, 6.07) is 8.34. The van der Waals surface area contributed by atoms with Crippen LogP contribution in [0.3, 0.4) is 0 Å². The van der Waals surface area contributed by atoms with Crippen LogP contribution >= 0.6 is 0 Å². The molecule has 1 aliphatic rings. The van der Waals surface area contributed by atoms with Gasteiger partial charge in [0, 0.05) is 0 Å². The number of nitrogen functional groups attached to an aromatic ring is 1. The third-order valence-electron chi connectivity index (χ3n) is 5.55. The maximum Gasteiger partial charge on any atom is 0.506 e. The Morgan fingerprint density at radius 1 is 1.38 bits per heavy atom. The SMILES string of the molecule is COc1nc(N)nc2c1ncn2[C@@H]1O[C@@H](CO)[C@@H](C(OC(=O)O)c2ccccc2)[C@@]1(C)F. The molecule has 4 rings (SSSR count). The topological polar surface area (TPSA) is 155 Å². The molecule has 170 valence electrons. The van der Waals surface area contributed by atoms with E-state index in [-0.39, 0.29) is 23.0 Å². The van der Waals surface area contributed by atoms with E-state index in [0.717, 1.165) is 0 Å². The number of aliphatic hydroxyl groups is 1. The van der Waals surface area contributed by atoms with Crippen molar-refractivity contribution in [2.24, 2.45) is 5.92 Å². The number of nitrogens with two attached hydrogens (primary N) is 1. The molecule has 4 N–H and O–H groups in total. The number of methoxy groups -OCH3 is 1. The number of rotatable bonds is 6. The summed E-state index contributed by atoms with van der Waals surface area (Å²) in [5.74, 6) is -1.19. The number of benzene rings is 1. The molecule has 2 aromatic heterocycles. The van der Waals surface area contributed by atoms with Gasteiger partial charge in [0.05, 0.1) is 32.1 Å². The normalized spacial score (nSPS) is 26.2. The van der Waals surface area contributed by atoms with Crippen LogP contribution in [0.5, 0.6) is 5.88 Å².